The van der Waals surface area contributed by atoms with E-state index in [4.69, 9.17) is 0 Å². The van der Waals surface area contributed by atoms with Crippen molar-refractivity contribution in [1.82, 2.24) is 0 Å². The highest BCUT2D eigenvalue weighted by atomic mass is 16.4. The Kier molecular flexibility index (Phi) is 5.20. The number of hydrogen-bond donors (Lipinski definition) is 3. The number of hydrogen-bond acceptors (Lipinski definition) is 3. The minimum Gasteiger partial charge on any atom is -0.481 e. The zero-order chi connectivity index (χ0) is 25.1. The van der Waals surface area contributed by atoms with Crippen LogP contribution in [-0.4, -0.2) is 33.0 Å². The maximum absolute atomic E-state index is 12.8. The number of rotatable bonds is 1. The molecule has 192 valence electrons. The van der Waals surface area contributed by atoms with Crippen LogP contribution in [0.2, 0.25) is 0 Å². The van der Waals surface area contributed by atoms with E-state index in [1.54, 1.807) is 0 Å². The highest BCUT2D eigenvalue weighted by Gasteiger charge is 2.71. The van der Waals surface area contributed by atoms with Crippen molar-refractivity contribution >= 4 is 5.97 Å². The third-order valence-electron chi connectivity index (χ3n) is 13.5. The van der Waals surface area contributed by atoms with Crippen LogP contribution in [-0.2, 0) is 4.79 Å². The summed E-state index contributed by atoms with van der Waals surface area (Å²) in [5.74, 6) is 0.0848. The van der Waals surface area contributed by atoms with Crippen LogP contribution in [0.3, 0.4) is 0 Å². The van der Waals surface area contributed by atoms with Gasteiger partial charge in [0.1, 0.15) is 0 Å². The van der Waals surface area contributed by atoms with Gasteiger partial charge >= 0.3 is 5.97 Å². The maximum atomic E-state index is 12.8. The molecule has 0 amide bonds. The molecular formula is C30H48O4. The molecule has 4 heteroatoms. The minimum absolute atomic E-state index is 0.0716. The maximum Gasteiger partial charge on any atom is 0.310 e. The molecule has 5 aliphatic rings. The Bertz CT molecular complexity index is 919. The van der Waals surface area contributed by atoms with E-state index in [0.717, 1.165) is 44.9 Å². The van der Waals surface area contributed by atoms with Crippen LogP contribution >= 0.6 is 0 Å². The van der Waals surface area contributed by atoms with Crippen molar-refractivity contribution in [3.8, 4) is 0 Å². The highest BCUT2D eigenvalue weighted by molar-refractivity contribution is 5.77. The molecule has 10 atom stereocenters. The molecule has 3 N–H and O–H groups in total. The van der Waals surface area contributed by atoms with Crippen molar-refractivity contribution < 1.29 is 20.1 Å². The van der Waals surface area contributed by atoms with Crippen molar-refractivity contribution in [2.24, 2.45) is 50.7 Å². The minimum atomic E-state index is -1.01. The fourth-order valence-corrected chi connectivity index (χ4v) is 10.8. The monoisotopic (exact) mass is 472 g/mol. The van der Waals surface area contributed by atoms with Crippen LogP contribution in [0.1, 0.15) is 106 Å². The van der Waals surface area contributed by atoms with Crippen LogP contribution < -0.4 is 0 Å². The molecule has 0 bridgehead atoms. The van der Waals surface area contributed by atoms with Crippen LogP contribution in [0.25, 0.3) is 0 Å². The van der Waals surface area contributed by atoms with Crippen molar-refractivity contribution in [3.05, 3.63) is 11.6 Å². The molecule has 4 nitrogen and oxygen atoms in total. The Morgan fingerprint density at radius 2 is 1.59 bits per heavy atom. The zero-order valence-electron chi connectivity index (χ0n) is 22.6. The molecule has 0 saturated heterocycles. The molecule has 34 heavy (non-hydrogen) atoms. The lowest BCUT2D eigenvalue weighted by atomic mass is 9.33. The number of aliphatic hydroxyl groups is 2. The summed E-state index contributed by atoms with van der Waals surface area (Å²) < 4.78 is 0. The normalized spacial score (nSPS) is 56.3. The van der Waals surface area contributed by atoms with Crippen molar-refractivity contribution in [2.45, 2.75) is 118 Å². The summed E-state index contributed by atoms with van der Waals surface area (Å²) in [6.07, 6.45) is 10.3. The lowest BCUT2D eigenvalue weighted by molar-refractivity contribution is -0.217. The number of carbonyl (C=O) groups is 1. The first kappa shape index (κ1) is 24.8. The van der Waals surface area contributed by atoms with Gasteiger partial charge in [-0.05, 0) is 104 Å². The molecular weight excluding hydrogens is 424 g/mol. The number of fused-ring (bicyclic) bond motifs is 7. The highest BCUT2D eigenvalue weighted by Crippen LogP contribution is 2.76. The van der Waals surface area contributed by atoms with Crippen LogP contribution in [0.15, 0.2) is 11.6 Å². The third-order valence-corrected chi connectivity index (χ3v) is 13.5. The van der Waals surface area contributed by atoms with E-state index >= 15 is 0 Å². The topological polar surface area (TPSA) is 77.8 Å². The quantitative estimate of drug-likeness (QED) is 0.397. The first-order valence-electron chi connectivity index (χ1n) is 13.9. The summed E-state index contributed by atoms with van der Waals surface area (Å²) in [6.45, 7) is 16.0. The van der Waals surface area contributed by atoms with Crippen molar-refractivity contribution in [3.63, 3.8) is 0 Å². The van der Waals surface area contributed by atoms with Gasteiger partial charge in [-0.3, -0.25) is 4.79 Å². The molecule has 0 aromatic heterocycles. The fourth-order valence-electron chi connectivity index (χ4n) is 10.8. The van der Waals surface area contributed by atoms with Gasteiger partial charge < -0.3 is 15.3 Å². The molecule has 5 rings (SSSR count). The van der Waals surface area contributed by atoms with E-state index in [1.165, 1.54) is 5.57 Å². The molecule has 0 radical (unpaired) electrons. The van der Waals surface area contributed by atoms with E-state index in [1.807, 2.05) is 6.92 Å². The Hall–Kier alpha value is -0.870. The van der Waals surface area contributed by atoms with Gasteiger partial charge in [-0.2, -0.15) is 0 Å². The number of carboxylic acid groups (broad SMARTS) is 1. The van der Waals surface area contributed by atoms with E-state index in [9.17, 15) is 20.1 Å². The molecule has 0 unspecified atom stereocenters. The van der Waals surface area contributed by atoms with Gasteiger partial charge in [-0.1, -0.05) is 53.2 Å². The average Bonchev–Trinajstić information content (AvgIpc) is 2.74. The van der Waals surface area contributed by atoms with Crippen LogP contribution in [0.4, 0.5) is 0 Å². The SMILES string of the molecule is C[C@@H]1CC[C@]2(C(=O)O)CC[C@]3(C)C(=CC[C@@H]4[C@@]5(C)CC[C@@H](O)C(C)(C)[C@@H]5CC[C@]43C)[C@@H]2[C@]1(C)O. The summed E-state index contributed by atoms with van der Waals surface area (Å²) in [6, 6.07) is 0. The number of aliphatic carboxylic acids is 1. The largest absolute Gasteiger partial charge is 0.481 e. The second-order valence-electron chi connectivity index (χ2n) is 14.7. The predicted molar refractivity (Wildman–Crippen MR) is 134 cm³/mol. The average molecular weight is 473 g/mol. The molecule has 0 aromatic rings. The number of carboxylic acids is 1. The molecule has 0 aromatic carbocycles. The van der Waals surface area contributed by atoms with Crippen LogP contribution in [0.5, 0.6) is 0 Å². The zero-order valence-corrected chi connectivity index (χ0v) is 22.6. The summed E-state index contributed by atoms with van der Waals surface area (Å²) in [5.41, 5.74) is -0.532. The number of aliphatic hydroxyl groups excluding tert-OH is 1. The Morgan fingerprint density at radius 3 is 2.24 bits per heavy atom. The Labute approximate surface area is 206 Å². The first-order chi connectivity index (χ1) is 15.6. The van der Waals surface area contributed by atoms with E-state index < -0.39 is 17.0 Å². The Morgan fingerprint density at radius 1 is 0.912 bits per heavy atom. The molecule has 0 spiro atoms. The van der Waals surface area contributed by atoms with Gasteiger partial charge in [0, 0.05) is 5.92 Å². The summed E-state index contributed by atoms with van der Waals surface area (Å²) in [4.78, 5) is 12.8. The van der Waals surface area contributed by atoms with E-state index in [2.05, 4.69) is 47.6 Å². The molecule has 0 aliphatic heterocycles. The van der Waals surface area contributed by atoms with Crippen molar-refractivity contribution in [1.29, 1.82) is 0 Å². The van der Waals surface area contributed by atoms with Gasteiger partial charge in [0.25, 0.3) is 0 Å². The Balaban J connectivity index is 1.64. The molecule has 4 fully saturated rings. The van der Waals surface area contributed by atoms with E-state index in [0.29, 0.717) is 24.7 Å². The van der Waals surface area contributed by atoms with Gasteiger partial charge in [0.2, 0.25) is 0 Å². The molecule has 0 heterocycles. The second kappa shape index (κ2) is 7.12. The lowest BCUT2D eigenvalue weighted by Crippen LogP contribution is -2.67. The lowest BCUT2D eigenvalue weighted by Gasteiger charge is -2.71. The summed E-state index contributed by atoms with van der Waals surface area (Å²) >= 11 is 0. The standard InChI is InChI=1S/C30H48O4/c1-18-10-15-30(24(32)33)17-16-27(5)19(23(30)29(18,7)34)8-9-21-26(4)13-12-22(31)25(2,3)20(26)11-14-28(21,27)6/h8,18,20-23,31,34H,9-17H2,1-7H3,(H,32,33)/t18-,20+,21-,22-,23-,26+,27-,28-,29-,30+/m1/s1. The second-order valence-corrected chi connectivity index (χ2v) is 14.7. The smallest absolute Gasteiger partial charge is 0.310 e. The van der Waals surface area contributed by atoms with Crippen molar-refractivity contribution in [2.75, 3.05) is 0 Å². The molecule has 4 saturated carbocycles. The predicted octanol–water partition coefficient (Wildman–Crippen LogP) is 6.20. The summed E-state index contributed by atoms with van der Waals surface area (Å²) in [7, 11) is 0. The van der Waals surface area contributed by atoms with Gasteiger partial charge in [0.15, 0.2) is 0 Å². The van der Waals surface area contributed by atoms with Crippen LogP contribution in [0, 0.1) is 50.7 Å². The number of allylic oxidation sites excluding steroid dienone is 1. The summed E-state index contributed by atoms with van der Waals surface area (Å²) in [5, 5.41) is 33.3. The van der Waals surface area contributed by atoms with E-state index in [-0.39, 0.29) is 39.6 Å². The van der Waals surface area contributed by atoms with Gasteiger partial charge in [0.05, 0.1) is 17.1 Å². The van der Waals surface area contributed by atoms with Gasteiger partial charge in [-0.15, -0.1) is 0 Å². The molecule has 5 aliphatic carbocycles. The first-order valence-corrected chi connectivity index (χ1v) is 13.9. The third kappa shape index (κ3) is 2.71. The fraction of sp³-hybridized carbons (Fsp3) is 0.900. The van der Waals surface area contributed by atoms with Gasteiger partial charge in [-0.25, -0.2) is 0 Å².